The van der Waals surface area contributed by atoms with Gasteiger partial charge in [-0.3, -0.25) is 4.98 Å². The fourth-order valence-electron chi connectivity index (χ4n) is 2.64. The van der Waals surface area contributed by atoms with Crippen LogP contribution in [0.4, 0.5) is 5.95 Å². The number of pyridine rings is 1. The Bertz CT molecular complexity index is 1100. The summed E-state index contributed by atoms with van der Waals surface area (Å²) in [6, 6.07) is 9.14. The van der Waals surface area contributed by atoms with Gasteiger partial charge < -0.3 is 10.1 Å². The largest absolute Gasteiger partial charge is 0.479 e. The second-order valence-electron chi connectivity index (χ2n) is 5.65. The maximum atomic E-state index is 6.06. The molecule has 0 fully saturated rings. The molecule has 3 aromatic heterocycles. The molecule has 4 aromatic rings. The molecular weight excluding hydrogens is 387 g/mol. The van der Waals surface area contributed by atoms with Crippen molar-refractivity contribution in [2.75, 3.05) is 12.4 Å². The highest BCUT2D eigenvalue weighted by Gasteiger charge is 2.15. The molecule has 136 valence electrons. The van der Waals surface area contributed by atoms with Crippen LogP contribution in [0.15, 0.2) is 48.9 Å². The Morgan fingerprint density at radius 1 is 1.07 bits per heavy atom. The Morgan fingerprint density at radius 3 is 2.63 bits per heavy atom. The second kappa shape index (κ2) is 7.38. The molecule has 3 heterocycles. The number of rotatable bonds is 5. The van der Waals surface area contributed by atoms with E-state index in [2.05, 4.69) is 25.4 Å². The van der Waals surface area contributed by atoms with Crippen LogP contribution in [0.25, 0.3) is 16.7 Å². The molecule has 0 radical (unpaired) electrons. The summed E-state index contributed by atoms with van der Waals surface area (Å²) < 4.78 is 7.19. The van der Waals surface area contributed by atoms with Crippen molar-refractivity contribution in [3.8, 4) is 11.6 Å². The van der Waals surface area contributed by atoms with E-state index in [1.807, 2.05) is 18.2 Å². The van der Waals surface area contributed by atoms with E-state index in [1.165, 1.54) is 0 Å². The molecule has 0 aliphatic rings. The molecule has 0 amide bonds. The quantitative estimate of drug-likeness (QED) is 0.542. The fourth-order valence-corrected chi connectivity index (χ4v) is 2.96. The molecule has 0 atom stereocenters. The van der Waals surface area contributed by atoms with Crippen LogP contribution in [0.5, 0.6) is 5.88 Å². The summed E-state index contributed by atoms with van der Waals surface area (Å²) in [5.41, 5.74) is 3.15. The molecule has 0 unspecified atom stereocenters. The van der Waals surface area contributed by atoms with Crippen molar-refractivity contribution < 1.29 is 4.74 Å². The number of anilines is 1. The van der Waals surface area contributed by atoms with Gasteiger partial charge in [-0.15, -0.1) is 0 Å². The van der Waals surface area contributed by atoms with Gasteiger partial charge in [0, 0.05) is 18.9 Å². The number of fused-ring (bicyclic) bond motifs is 1. The molecule has 1 aromatic carbocycles. The van der Waals surface area contributed by atoms with E-state index in [0.29, 0.717) is 39.5 Å². The third-order valence-electron chi connectivity index (χ3n) is 3.92. The van der Waals surface area contributed by atoms with Crippen LogP contribution in [-0.2, 0) is 6.54 Å². The normalized spacial score (nSPS) is 10.9. The van der Waals surface area contributed by atoms with E-state index < -0.39 is 0 Å². The van der Waals surface area contributed by atoms with Crippen molar-refractivity contribution in [3.63, 3.8) is 0 Å². The van der Waals surface area contributed by atoms with Gasteiger partial charge in [0.15, 0.2) is 5.52 Å². The highest BCUT2D eigenvalue weighted by atomic mass is 35.5. The van der Waals surface area contributed by atoms with E-state index in [0.717, 1.165) is 11.3 Å². The molecule has 0 aliphatic carbocycles. The minimum atomic E-state index is 0.422. The van der Waals surface area contributed by atoms with Gasteiger partial charge in [-0.25, -0.2) is 9.67 Å². The van der Waals surface area contributed by atoms with Gasteiger partial charge in [-0.2, -0.15) is 10.1 Å². The van der Waals surface area contributed by atoms with Crippen LogP contribution in [0, 0.1) is 0 Å². The van der Waals surface area contributed by atoms with E-state index in [9.17, 15) is 0 Å². The first-order valence-corrected chi connectivity index (χ1v) is 8.79. The lowest BCUT2D eigenvalue weighted by Crippen LogP contribution is -2.06. The molecule has 0 bridgehead atoms. The molecule has 9 heteroatoms. The molecule has 27 heavy (non-hydrogen) atoms. The summed E-state index contributed by atoms with van der Waals surface area (Å²) >= 11 is 12.0. The van der Waals surface area contributed by atoms with E-state index in [-0.39, 0.29) is 0 Å². The van der Waals surface area contributed by atoms with Crippen LogP contribution in [0.2, 0.25) is 10.0 Å². The summed E-state index contributed by atoms with van der Waals surface area (Å²) in [6.07, 6.45) is 5.07. The lowest BCUT2D eigenvalue weighted by molar-refractivity contribution is 0.401. The summed E-state index contributed by atoms with van der Waals surface area (Å²) in [7, 11) is 1.56. The summed E-state index contributed by atoms with van der Waals surface area (Å²) in [6.45, 7) is 0.490. The van der Waals surface area contributed by atoms with Gasteiger partial charge in [0.1, 0.15) is 5.52 Å². The van der Waals surface area contributed by atoms with Gasteiger partial charge in [0.25, 0.3) is 0 Å². The van der Waals surface area contributed by atoms with Crippen LogP contribution >= 0.6 is 23.2 Å². The number of benzene rings is 1. The third-order valence-corrected chi connectivity index (χ3v) is 4.66. The number of hydrogen-bond donors (Lipinski definition) is 1. The standard InChI is InChI=1S/C18H14Cl2N6O/c1-27-17-16-15(10-23-26(16)12-4-6-21-7-5-12)24-18(25-17)22-9-11-2-3-13(19)14(20)8-11/h2-8,10H,9H2,1H3,(H,22,24,25). The first kappa shape index (κ1) is 17.5. The van der Waals surface area contributed by atoms with Crippen LogP contribution in [-0.4, -0.2) is 31.8 Å². The second-order valence-corrected chi connectivity index (χ2v) is 6.47. The molecule has 0 aliphatic heterocycles. The average Bonchev–Trinajstić information content (AvgIpc) is 3.13. The predicted octanol–water partition coefficient (Wildman–Crippen LogP) is 4.14. The molecule has 4 rings (SSSR count). The van der Waals surface area contributed by atoms with E-state index >= 15 is 0 Å². The van der Waals surface area contributed by atoms with Gasteiger partial charge in [-0.1, -0.05) is 29.3 Å². The SMILES string of the molecule is COc1nc(NCc2ccc(Cl)c(Cl)c2)nc2cnn(-c3ccncc3)c12. The Kier molecular flexibility index (Phi) is 4.79. The molecule has 0 saturated carbocycles. The number of ether oxygens (including phenoxy) is 1. The Labute approximate surface area is 164 Å². The Balaban J connectivity index is 1.66. The average molecular weight is 401 g/mol. The van der Waals surface area contributed by atoms with E-state index in [4.69, 9.17) is 27.9 Å². The smallest absolute Gasteiger partial charge is 0.245 e. The van der Waals surface area contributed by atoms with Gasteiger partial charge >= 0.3 is 0 Å². The minimum absolute atomic E-state index is 0.422. The van der Waals surface area contributed by atoms with E-state index in [1.54, 1.807) is 42.5 Å². The van der Waals surface area contributed by atoms with Crippen LogP contribution < -0.4 is 10.1 Å². The number of halogens is 2. The Morgan fingerprint density at radius 2 is 1.89 bits per heavy atom. The van der Waals surface area contributed by atoms with Gasteiger partial charge in [0.05, 0.1) is 29.0 Å². The zero-order chi connectivity index (χ0) is 18.8. The zero-order valence-electron chi connectivity index (χ0n) is 14.2. The van der Waals surface area contributed by atoms with Crippen LogP contribution in [0.1, 0.15) is 5.56 Å². The lowest BCUT2D eigenvalue weighted by atomic mass is 10.2. The number of methoxy groups -OCH3 is 1. The molecule has 0 saturated heterocycles. The van der Waals surface area contributed by atoms with Crippen LogP contribution in [0.3, 0.4) is 0 Å². The molecule has 1 N–H and O–H groups in total. The predicted molar refractivity (Wildman–Crippen MR) is 105 cm³/mol. The monoisotopic (exact) mass is 400 g/mol. The summed E-state index contributed by atoms with van der Waals surface area (Å²) in [5, 5.41) is 8.59. The number of hydrogen-bond acceptors (Lipinski definition) is 6. The Hall–Kier alpha value is -2.90. The highest BCUT2D eigenvalue weighted by Crippen LogP contribution is 2.27. The molecule has 7 nitrogen and oxygen atoms in total. The fraction of sp³-hybridized carbons (Fsp3) is 0.111. The first-order chi connectivity index (χ1) is 13.2. The van der Waals surface area contributed by atoms with Crippen molar-refractivity contribution >= 4 is 40.2 Å². The van der Waals surface area contributed by atoms with Crippen molar-refractivity contribution in [1.29, 1.82) is 0 Å². The maximum Gasteiger partial charge on any atom is 0.245 e. The molecular formula is C18H14Cl2N6O. The zero-order valence-corrected chi connectivity index (χ0v) is 15.7. The summed E-state index contributed by atoms with van der Waals surface area (Å²) in [5.74, 6) is 0.852. The lowest BCUT2D eigenvalue weighted by Gasteiger charge is -2.10. The van der Waals surface area contributed by atoms with Crippen molar-refractivity contribution in [2.45, 2.75) is 6.54 Å². The maximum absolute atomic E-state index is 6.06. The van der Waals surface area contributed by atoms with Gasteiger partial charge in [0.2, 0.25) is 11.8 Å². The number of aromatic nitrogens is 5. The first-order valence-electron chi connectivity index (χ1n) is 8.03. The minimum Gasteiger partial charge on any atom is -0.479 e. The molecule has 0 spiro atoms. The van der Waals surface area contributed by atoms with Gasteiger partial charge in [-0.05, 0) is 29.8 Å². The number of nitrogens with zero attached hydrogens (tertiary/aromatic N) is 5. The third kappa shape index (κ3) is 3.51. The highest BCUT2D eigenvalue weighted by molar-refractivity contribution is 6.42. The topological polar surface area (TPSA) is 77.8 Å². The van der Waals surface area contributed by atoms with Crippen molar-refractivity contribution in [1.82, 2.24) is 24.7 Å². The number of nitrogens with one attached hydrogen (secondary N) is 1. The van der Waals surface area contributed by atoms with Crippen molar-refractivity contribution in [2.24, 2.45) is 0 Å². The summed E-state index contributed by atoms with van der Waals surface area (Å²) in [4.78, 5) is 13.0. The van der Waals surface area contributed by atoms with Crippen molar-refractivity contribution in [3.05, 3.63) is 64.5 Å².